The lowest BCUT2D eigenvalue weighted by Crippen LogP contribution is -2.12. The van der Waals surface area contributed by atoms with Crippen molar-refractivity contribution in [3.05, 3.63) is 29.6 Å². The molecule has 0 fully saturated rings. The standard InChI is InChI=1S/C12H18FNO3S/c1-2-18(15,16)7-3-6-17-12-5-4-11(13)8-10(12)9-14/h4-5,8H,2-3,6-7,9,14H2,1H3. The van der Waals surface area contributed by atoms with Crippen LogP contribution in [0.4, 0.5) is 4.39 Å². The fourth-order valence-electron chi connectivity index (χ4n) is 1.45. The molecule has 0 atom stereocenters. The summed E-state index contributed by atoms with van der Waals surface area (Å²) in [6, 6.07) is 4.11. The number of ether oxygens (including phenoxy) is 1. The van der Waals surface area contributed by atoms with Gasteiger partial charge in [0.2, 0.25) is 0 Å². The second-order valence-electron chi connectivity index (χ2n) is 3.89. The van der Waals surface area contributed by atoms with Gasteiger partial charge in [0.1, 0.15) is 21.4 Å². The molecule has 0 aliphatic carbocycles. The zero-order valence-electron chi connectivity index (χ0n) is 10.4. The fourth-order valence-corrected chi connectivity index (χ4v) is 2.30. The third-order valence-corrected chi connectivity index (χ3v) is 4.33. The summed E-state index contributed by atoms with van der Waals surface area (Å²) in [5.41, 5.74) is 6.05. The lowest BCUT2D eigenvalue weighted by molar-refractivity contribution is 0.314. The summed E-state index contributed by atoms with van der Waals surface area (Å²) in [7, 11) is -2.96. The van der Waals surface area contributed by atoms with Gasteiger partial charge in [-0.2, -0.15) is 0 Å². The van der Waals surface area contributed by atoms with E-state index in [0.717, 1.165) is 0 Å². The van der Waals surface area contributed by atoms with Crippen LogP contribution in [0, 0.1) is 5.82 Å². The van der Waals surface area contributed by atoms with Crippen LogP contribution in [0.25, 0.3) is 0 Å². The number of halogens is 1. The van der Waals surface area contributed by atoms with Gasteiger partial charge in [0, 0.05) is 17.9 Å². The molecule has 0 heterocycles. The number of rotatable bonds is 7. The van der Waals surface area contributed by atoms with Gasteiger partial charge in [0.25, 0.3) is 0 Å². The molecule has 0 saturated carbocycles. The first kappa shape index (κ1) is 14.9. The average molecular weight is 275 g/mol. The van der Waals surface area contributed by atoms with Crippen molar-refractivity contribution < 1.29 is 17.5 Å². The van der Waals surface area contributed by atoms with Crippen molar-refractivity contribution in [2.75, 3.05) is 18.1 Å². The number of sulfone groups is 1. The second-order valence-corrected chi connectivity index (χ2v) is 6.37. The van der Waals surface area contributed by atoms with Crippen molar-refractivity contribution in [3.8, 4) is 5.75 Å². The Labute approximate surface area is 107 Å². The Kier molecular flexibility index (Phi) is 5.55. The summed E-state index contributed by atoms with van der Waals surface area (Å²) in [6.45, 7) is 2.07. The van der Waals surface area contributed by atoms with Crippen molar-refractivity contribution in [3.63, 3.8) is 0 Å². The topological polar surface area (TPSA) is 69.4 Å². The van der Waals surface area contributed by atoms with E-state index in [1.165, 1.54) is 18.2 Å². The average Bonchev–Trinajstić information content (AvgIpc) is 2.36. The highest BCUT2D eigenvalue weighted by atomic mass is 32.2. The van der Waals surface area contributed by atoms with E-state index in [2.05, 4.69) is 0 Å². The highest BCUT2D eigenvalue weighted by Gasteiger charge is 2.08. The third kappa shape index (κ3) is 4.62. The van der Waals surface area contributed by atoms with Gasteiger partial charge in [0.15, 0.2) is 0 Å². The maximum atomic E-state index is 12.9. The molecule has 1 rings (SSSR count). The van der Waals surface area contributed by atoms with Crippen LogP contribution in [-0.2, 0) is 16.4 Å². The Bertz CT molecular complexity index is 488. The molecule has 102 valence electrons. The third-order valence-electron chi connectivity index (χ3n) is 2.54. The highest BCUT2D eigenvalue weighted by molar-refractivity contribution is 7.91. The van der Waals surface area contributed by atoms with Gasteiger partial charge in [-0.15, -0.1) is 0 Å². The summed E-state index contributed by atoms with van der Waals surface area (Å²) < 4.78 is 40.9. The lowest BCUT2D eigenvalue weighted by Gasteiger charge is -2.10. The summed E-state index contributed by atoms with van der Waals surface area (Å²) in [6.07, 6.45) is 0.414. The monoisotopic (exact) mass is 275 g/mol. The largest absolute Gasteiger partial charge is 0.493 e. The van der Waals surface area contributed by atoms with Crippen LogP contribution in [0.1, 0.15) is 18.9 Å². The van der Waals surface area contributed by atoms with Crippen LogP contribution in [0.5, 0.6) is 5.75 Å². The van der Waals surface area contributed by atoms with E-state index >= 15 is 0 Å². The number of hydrogen-bond acceptors (Lipinski definition) is 4. The van der Waals surface area contributed by atoms with Gasteiger partial charge in [-0.3, -0.25) is 0 Å². The molecule has 0 saturated heterocycles. The Morgan fingerprint density at radius 2 is 2.11 bits per heavy atom. The van der Waals surface area contributed by atoms with Gasteiger partial charge in [0.05, 0.1) is 12.4 Å². The maximum Gasteiger partial charge on any atom is 0.150 e. The van der Waals surface area contributed by atoms with Crippen molar-refractivity contribution in [2.45, 2.75) is 19.9 Å². The molecule has 0 radical (unpaired) electrons. The van der Waals surface area contributed by atoms with Crippen molar-refractivity contribution in [1.29, 1.82) is 0 Å². The van der Waals surface area contributed by atoms with E-state index in [-0.39, 0.29) is 30.5 Å². The maximum absolute atomic E-state index is 12.9. The normalized spacial score (nSPS) is 11.5. The van der Waals surface area contributed by atoms with E-state index in [0.29, 0.717) is 17.7 Å². The van der Waals surface area contributed by atoms with Crippen LogP contribution >= 0.6 is 0 Å². The molecule has 18 heavy (non-hydrogen) atoms. The molecule has 0 unspecified atom stereocenters. The van der Waals surface area contributed by atoms with Crippen molar-refractivity contribution in [1.82, 2.24) is 0 Å². The Hall–Kier alpha value is -1.14. The summed E-state index contributed by atoms with van der Waals surface area (Å²) >= 11 is 0. The Morgan fingerprint density at radius 3 is 2.72 bits per heavy atom. The number of hydrogen-bond donors (Lipinski definition) is 1. The molecular weight excluding hydrogens is 257 g/mol. The molecule has 4 nitrogen and oxygen atoms in total. The summed E-state index contributed by atoms with van der Waals surface area (Å²) in [4.78, 5) is 0. The zero-order valence-corrected chi connectivity index (χ0v) is 11.2. The van der Waals surface area contributed by atoms with E-state index in [4.69, 9.17) is 10.5 Å². The van der Waals surface area contributed by atoms with Crippen LogP contribution in [-0.4, -0.2) is 26.5 Å². The Balaban J connectivity index is 2.49. The van der Waals surface area contributed by atoms with Gasteiger partial charge in [-0.1, -0.05) is 6.92 Å². The molecule has 6 heteroatoms. The molecule has 0 aliphatic rings. The first-order valence-electron chi connectivity index (χ1n) is 5.80. The first-order chi connectivity index (χ1) is 8.48. The number of nitrogens with two attached hydrogens (primary N) is 1. The lowest BCUT2D eigenvalue weighted by atomic mass is 10.2. The number of benzene rings is 1. The smallest absolute Gasteiger partial charge is 0.150 e. The van der Waals surface area contributed by atoms with Gasteiger partial charge in [-0.05, 0) is 24.6 Å². The molecule has 0 spiro atoms. The van der Waals surface area contributed by atoms with Crippen molar-refractivity contribution >= 4 is 9.84 Å². The van der Waals surface area contributed by atoms with Crippen LogP contribution < -0.4 is 10.5 Å². The van der Waals surface area contributed by atoms with E-state index < -0.39 is 9.84 Å². The quantitative estimate of drug-likeness (QED) is 0.765. The van der Waals surface area contributed by atoms with E-state index in [9.17, 15) is 12.8 Å². The molecule has 0 amide bonds. The minimum absolute atomic E-state index is 0.0999. The predicted octanol–water partition coefficient (Wildman–Crippen LogP) is 1.49. The highest BCUT2D eigenvalue weighted by Crippen LogP contribution is 2.19. The molecule has 2 N–H and O–H groups in total. The molecular formula is C12H18FNO3S. The molecule has 0 aliphatic heterocycles. The zero-order chi connectivity index (χ0) is 13.6. The SMILES string of the molecule is CCS(=O)(=O)CCCOc1ccc(F)cc1CN. The summed E-state index contributed by atoms with van der Waals surface area (Å²) in [5, 5.41) is 0. The Morgan fingerprint density at radius 1 is 1.39 bits per heavy atom. The van der Waals surface area contributed by atoms with Gasteiger partial charge in [-0.25, -0.2) is 12.8 Å². The minimum atomic E-state index is -2.96. The van der Waals surface area contributed by atoms with Crippen LogP contribution in [0.15, 0.2) is 18.2 Å². The molecule has 0 aromatic heterocycles. The first-order valence-corrected chi connectivity index (χ1v) is 7.62. The van der Waals surface area contributed by atoms with E-state index in [1.807, 2.05) is 0 Å². The predicted molar refractivity (Wildman–Crippen MR) is 68.7 cm³/mol. The van der Waals surface area contributed by atoms with Crippen LogP contribution in [0.3, 0.4) is 0 Å². The van der Waals surface area contributed by atoms with Gasteiger partial charge < -0.3 is 10.5 Å². The molecule has 0 bridgehead atoms. The van der Waals surface area contributed by atoms with Crippen molar-refractivity contribution in [2.24, 2.45) is 5.73 Å². The van der Waals surface area contributed by atoms with Gasteiger partial charge >= 0.3 is 0 Å². The molecule has 1 aromatic rings. The molecule has 1 aromatic carbocycles. The second kappa shape index (κ2) is 6.70. The van der Waals surface area contributed by atoms with E-state index in [1.54, 1.807) is 6.92 Å². The fraction of sp³-hybridized carbons (Fsp3) is 0.500. The minimum Gasteiger partial charge on any atom is -0.493 e. The van der Waals surface area contributed by atoms with Crippen LogP contribution in [0.2, 0.25) is 0 Å². The summed E-state index contributed by atoms with van der Waals surface area (Å²) in [5.74, 6) is 0.379.